The Morgan fingerprint density at radius 1 is 1.07 bits per heavy atom. The molecule has 2 saturated heterocycles. The Balaban J connectivity index is 1.05. The van der Waals surface area contributed by atoms with Crippen LogP contribution in [0.3, 0.4) is 0 Å². The number of carbonyl (C=O) groups excluding carboxylic acids is 1. The number of carbonyl (C=O) groups is 1. The van der Waals surface area contributed by atoms with E-state index in [9.17, 15) is 4.79 Å². The quantitative estimate of drug-likeness (QED) is 0.415. The van der Waals surface area contributed by atoms with Gasteiger partial charge in [-0.3, -0.25) is 9.69 Å². The van der Waals surface area contributed by atoms with Crippen LogP contribution in [0.1, 0.15) is 30.7 Å². The van der Waals surface area contributed by atoms with Crippen molar-refractivity contribution in [3.05, 3.63) is 59.0 Å². The van der Waals surface area contributed by atoms with E-state index in [1.54, 1.807) is 17.4 Å². The van der Waals surface area contributed by atoms with Crippen molar-refractivity contribution in [3.63, 3.8) is 0 Å². The highest BCUT2D eigenvalue weighted by Crippen LogP contribution is 2.45. The maximum Gasteiger partial charge on any atom is 0.223 e. The summed E-state index contributed by atoms with van der Waals surface area (Å²) in [4.78, 5) is 29.1. The minimum Gasteiger partial charge on any atom is -0.369 e. The molecule has 3 N–H and O–H groups in total. The number of nitrogens with zero attached hydrogens (tertiary/aromatic N) is 5. The van der Waals surface area contributed by atoms with Crippen LogP contribution in [-0.2, 0) is 11.2 Å². The molecular weight excluding hydrogens is 537 g/mol. The predicted octanol–water partition coefficient (Wildman–Crippen LogP) is 3.73. The minimum atomic E-state index is -0.268. The van der Waals surface area contributed by atoms with E-state index in [0.717, 1.165) is 80.1 Å². The van der Waals surface area contributed by atoms with E-state index >= 15 is 4.39 Å². The summed E-state index contributed by atoms with van der Waals surface area (Å²) in [7, 11) is 2.19. The average Bonchev–Trinajstić information content (AvgIpc) is 3.71. The summed E-state index contributed by atoms with van der Waals surface area (Å²) in [5.74, 6) is 1.12. The maximum atomic E-state index is 15.4. The van der Waals surface area contributed by atoms with Crippen molar-refractivity contribution < 1.29 is 9.18 Å². The van der Waals surface area contributed by atoms with E-state index in [1.165, 1.54) is 0 Å². The van der Waals surface area contributed by atoms with E-state index in [4.69, 9.17) is 15.7 Å². The molecule has 4 unspecified atom stereocenters. The number of halogens is 1. The number of hydrogen-bond acceptors (Lipinski definition) is 8. The molecule has 1 amide bonds. The van der Waals surface area contributed by atoms with Crippen LogP contribution in [-0.4, -0.2) is 84.1 Å². The monoisotopic (exact) mass is 575 g/mol. The molecule has 216 valence electrons. The van der Waals surface area contributed by atoms with E-state index in [0.29, 0.717) is 24.0 Å². The van der Waals surface area contributed by atoms with Crippen molar-refractivity contribution in [2.45, 2.75) is 37.8 Å². The first-order chi connectivity index (χ1) is 19.9. The van der Waals surface area contributed by atoms with Crippen molar-refractivity contribution >= 4 is 39.0 Å². The van der Waals surface area contributed by atoms with Gasteiger partial charge in [0.25, 0.3) is 0 Å². The lowest BCUT2D eigenvalue weighted by molar-refractivity contribution is -0.122. The highest BCUT2D eigenvalue weighted by atomic mass is 32.1. The third kappa shape index (κ3) is 5.21. The second kappa shape index (κ2) is 11.0. The molecule has 4 heterocycles. The molecule has 8 nitrogen and oxygen atoms in total. The van der Waals surface area contributed by atoms with Gasteiger partial charge in [0, 0.05) is 57.8 Å². The number of nitrogens with two attached hydrogens (primary N) is 1. The zero-order valence-corrected chi connectivity index (χ0v) is 24.3. The van der Waals surface area contributed by atoms with E-state index in [1.807, 2.05) is 23.6 Å². The number of benzene rings is 1. The topological polar surface area (TPSA) is 90.6 Å². The highest BCUT2D eigenvalue weighted by molar-refractivity contribution is 7.17. The third-order valence-corrected chi connectivity index (χ3v) is 10.6. The van der Waals surface area contributed by atoms with Gasteiger partial charge >= 0.3 is 0 Å². The Hall–Kier alpha value is -3.08. The molecule has 4 atom stereocenters. The number of nitrogens with one attached hydrogen (secondary N) is 1. The first kappa shape index (κ1) is 26.8. The van der Waals surface area contributed by atoms with Gasteiger partial charge in [0.1, 0.15) is 17.5 Å². The van der Waals surface area contributed by atoms with Gasteiger partial charge in [-0.25, -0.2) is 14.4 Å². The molecular formula is C31H38FN7OS. The van der Waals surface area contributed by atoms with Gasteiger partial charge in [-0.05, 0) is 67.3 Å². The number of thiophene rings is 1. The fourth-order valence-corrected chi connectivity index (χ4v) is 8.20. The lowest BCUT2D eigenvalue weighted by Crippen LogP contribution is -2.52. The molecule has 3 fully saturated rings. The number of primary amides is 1. The van der Waals surface area contributed by atoms with Crippen LogP contribution in [0.15, 0.2) is 41.8 Å². The first-order valence-corrected chi connectivity index (χ1v) is 15.7. The molecule has 10 heteroatoms. The number of anilines is 2. The van der Waals surface area contributed by atoms with Gasteiger partial charge in [-0.2, -0.15) is 0 Å². The summed E-state index contributed by atoms with van der Waals surface area (Å²) in [5.41, 5.74) is 8.18. The van der Waals surface area contributed by atoms with Gasteiger partial charge in [0.15, 0.2) is 0 Å². The van der Waals surface area contributed by atoms with Gasteiger partial charge in [0.2, 0.25) is 5.91 Å². The SMILES string of the molecule is CN1CCN(C2CCN(c3ccc(Cc4nc(NC5C6C=CC(C6)C5C(N)=O)c5sccc5n4)cc3F)CC2)CC1. The van der Waals surface area contributed by atoms with Crippen molar-refractivity contribution in [2.24, 2.45) is 23.5 Å². The highest BCUT2D eigenvalue weighted by Gasteiger charge is 2.47. The molecule has 2 aliphatic carbocycles. The molecule has 41 heavy (non-hydrogen) atoms. The number of amides is 1. The summed E-state index contributed by atoms with van der Waals surface area (Å²) in [6.45, 7) is 6.28. The molecule has 0 spiro atoms. The number of allylic oxidation sites excluding steroid dienone is 1. The summed E-state index contributed by atoms with van der Waals surface area (Å²) >= 11 is 1.58. The van der Waals surface area contributed by atoms with Crippen LogP contribution >= 0.6 is 11.3 Å². The molecule has 4 aliphatic rings. The third-order valence-electron chi connectivity index (χ3n) is 9.67. The lowest BCUT2D eigenvalue weighted by atomic mass is 9.88. The second-order valence-corrected chi connectivity index (χ2v) is 13.1. The largest absolute Gasteiger partial charge is 0.369 e. The standard InChI is InChI=1S/C31H38FN7OS/c1-37-11-13-38(14-12-37)22-6-9-39(10-7-22)25-5-2-19(16-23(25)32)17-26-34-24-8-15-41-29(24)31(35-26)36-28-21-4-3-20(18-21)27(28)30(33)40/h2-5,8,15-16,20-22,27-28H,6-7,9-14,17-18H2,1H3,(H2,33,40)(H,34,35,36). The van der Waals surface area contributed by atoms with Crippen LogP contribution in [0.25, 0.3) is 10.2 Å². The number of piperidine rings is 1. The normalized spacial score (nSPS) is 27.2. The Kier molecular flexibility index (Phi) is 7.16. The first-order valence-electron chi connectivity index (χ1n) is 14.9. The number of rotatable bonds is 7. The molecule has 3 aromatic rings. The second-order valence-electron chi connectivity index (χ2n) is 12.2. The molecule has 7 rings (SSSR count). The zero-order chi connectivity index (χ0) is 28.1. The average molecular weight is 576 g/mol. The summed E-state index contributed by atoms with van der Waals surface area (Å²) in [5, 5.41) is 5.57. The number of fused-ring (bicyclic) bond motifs is 3. The lowest BCUT2D eigenvalue weighted by Gasteiger charge is -2.42. The molecule has 2 aromatic heterocycles. The maximum absolute atomic E-state index is 15.4. The Bertz CT molecular complexity index is 1460. The van der Waals surface area contributed by atoms with Crippen molar-refractivity contribution in [2.75, 3.05) is 56.5 Å². The van der Waals surface area contributed by atoms with E-state index < -0.39 is 0 Å². The van der Waals surface area contributed by atoms with E-state index in [2.05, 4.69) is 39.2 Å². The van der Waals surface area contributed by atoms with Crippen molar-refractivity contribution in [3.8, 4) is 0 Å². The summed E-state index contributed by atoms with van der Waals surface area (Å²) < 4.78 is 16.4. The summed E-state index contributed by atoms with van der Waals surface area (Å²) in [6.07, 6.45) is 7.83. The fraction of sp³-hybridized carbons (Fsp3) is 0.516. The smallest absolute Gasteiger partial charge is 0.223 e. The molecule has 2 aliphatic heterocycles. The summed E-state index contributed by atoms with van der Waals surface area (Å²) in [6, 6.07) is 8.07. The predicted molar refractivity (Wildman–Crippen MR) is 162 cm³/mol. The van der Waals surface area contributed by atoms with Crippen LogP contribution in [0.4, 0.5) is 15.9 Å². The fourth-order valence-electron chi connectivity index (χ4n) is 7.41. The van der Waals surface area contributed by atoms with Crippen LogP contribution < -0.4 is 16.0 Å². The van der Waals surface area contributed by atoms with Gasteiger partial charge in [0.05, 0.1) is 21.8 Å². The number of likely N-dealkylation sites (N-methyl/N-ethyl adjacent to an activating group) is 1. The Morgan fingerprint density at radius 2 is 1.85 bits per heavy atom. The number of piperazine rings is 1. The number of hydrogen-bond donors (Lipinski definition) is 2. The molecule has 1 saturated carbocycles. The number of aromatic nitrogens is 2. The Labute approximate surface area is 244 Å². The minimum absolute atomic E-state index is 0.0762. The van der Waals surface area contributed by atoms with Gasteiger partial charge in [-0.1, -0.05) is 18.2 Å². The zero-order valence-electron chi connectivity index (χ0n) is 23.5. The van der Waals surface area contributed by atoms with Crippen LogP contribution in [0, 0.1) is 23.6 Å². The van der Waals surface area contributed by atoms with Crippen LogP contribution in [0.5, 0.6) is 0 Å². The Morgan fingerprint density at radius 3 is 2.61 bits per heavy atom. The van der Waals surface area contributed by atoms with Crippen LogP contribution in [0.2, 0.25) is 0 Å². The van der Waals surface area contributed by atoms with E-state index in [-0.39, 0.29) is 35.5 Å². The van der Waals surface area contributed by atoms with Crippen molar-refractivity contribution in [1.29, 1.82) is 0 Å². The molecule has 0 radical (unpaired) electrons. The van der Waals surface area contributed by atoms with Crippen molar-refractivity contribution in [1.82, 2.24) is 19.8 Å². The van der Waals surface area contributed by atoms with Gasteiger partial charge in [-0.15, -0.1) is 11.3 Å². The molecule has 2 bridgehead atoms. The van der Waals surface area contributed by atoms with Gasteiger partial charge < -0.3 is 20.9 Å². The molecule has 1 aromatic carbocycles.